The number of carbonyl (C=O) groups is 2. The van der Waals surface area contributed by atoms with Crippen molar-refractivity contribution in [1.82, 2.24) is 14.6 Å². The maximum absolute atomic E-state index is 13.3. The summed E-state index contributed by atoms with van der Waals surface area (Å²) in [5.74, 6) is 0.245. The maximum atomic E-state index is 13.3. The molecule has 3 aromatic rings. The summed E-state index contributed by atoms with van der Waals surface area (Å²) in [6.45, 7) is 8.52. The molecular weight excluding hydrogens is 522 g/mol. The number of amides is 2. The van der Waals surface area contributed by atoms with Gasteiger partial charge < -0.3 is 9.64 Å². The zero-order valence-electron chi connectivity index (χ0n) is 22.3. The van der Waals surface area contributed by atoms with Gasteiger partial charge in [0.1, 0.15) is 4.21 Å². The molecule has 0 atom stereocenters. The van der Waals surface area contributed by atoms with Crippen LogP contribution < -0.4 is 4.72 Å². The van der Waals surface area contributed by atoms with Crippen LogP contribution in [-0.4, -0.2) is 36.9 Å². The topological polar surface area (TPSA) is 106 Å². The van der Waals surface area contributed by atoms with Crippen LogP contribution in [0.5, 0.6) is 0 Å². The van der Waals surface area contributed by atoms with Crippen molar-refractivity contribution in [3.63, 3.8) is 0 Å². The fourth-order valence-electron chi connectivity index (χ4n) is 3.87. The van der Waals surface area contributed by atoms with E-state index in [0.717, 1.165) is 33.8 Å². The van der Waals surface area contributed by atoms with Crippen LogP contribution in [0, 0.1) is 5.92 Å². The number of sulfonamides is 1. The molecule has 0 aliphatic carbocycles. The van der Waals surface area contributed by atoms with Gasteiger partial charge in [-0.2, -0.15) is 0 Å². The smallest absolute Gasteiger partial charge is 0.421 e. The summed E-state index contributed by atoms with van der Waals surface area (Å²) in [5.41, 5.74) is 2.98. The molecule has 1 aromatic carbocycles. The lowest BCUT2D eigenvalue weighted by Gasteiger charge is -2.21. The van der Waals surface area contributed by atoms with Gasteiger partial charge in [0.15, 0.2) is 0 Å². The van der Waals surface area contributed by atoms with Crippen LogP contribution in [0.1, 0.15) is 56.5 Å². The fourth-order valence-corrected chi connectivity index (χ4v) is 6.71. The van der Waals surface area contributed by atoms with Crippen molar-refractivity contribution in [3.8, 4) is 11.1 Å². The summed E-state index contributed by atoms with van der Waals surface area (Å²) in [4.78, 5) is 31.3. The lowest BCUT2D eigenvalue weighted by molar-refractivity contribution is -0.130. The van der Waals surface area contributed by atoms with Gasteiger partial charge in [-0.25, -0.2) is 17.9 Å². The largest absolute Gasteiger partial charge is 0.449 e. The van der Waals surface area contributed by atoms with E-state index in [1.807, 2.05) is 49.4 Å². The van der Waals surface area contributed by atoms with Gasteiger partial charge >= 0.3 is 6.09 Å². The van der Waals surface area contributed by atoms with Crippen molar-refractivity contribution in [2.24, 2.45) is 5.92 Å². The number of thiophene rings is 1. The molecule has 0 radical (unpaired) electrons. The van der Waals surface area contributed by atoms with Crippen molar-refractivity contribution in [2.75, 3.05) is 6.61 Å². The third kappa shape index (κ3) is 8.39. The first kappa shape index (κ1) is 29.3. The van der Waals surface area contributed by atoms with Crippen molar-refractivity contribution in [3.05, 3.63) is 70.9 Å². The van der Waals surface area contributed by atoms with Crippen molar-refractivity contribution < 1.29 is 22.7 Å². The number of unbranched alkanes of at least 4 members (excludes halogenated alkanes) is 1. The summed E-state index contributed by atoms with van der Waals surface area (Å²) < 4.78 is 33.7. The molecule has 0 saturated carbocycles. The molecule has 0 aliphatic heterocycles. The van der Waals surface area contributed by atoms with Gasteiger partial charge in [0.05, 0.1) is 6.61 Å². The van der Waals surface area contributed by atoms with E-state index < -0.39 is 16.1 Å². The quantitative estimate of drug-likeness (QED) is 0.283. The third-order valence-electron chi connectivity index (χ3n) is 5.70. The Morgan fingerprint density at radius 3 is 2.50 bits per heavy atom. The fraction of sp³-hybridized carbons (Fsp3) is 0.393. The average Bonchev–Trinajstić information content (AvgIpc) is 3.28. The van der Waals surface area contributed by atoms with E-state index >= 15 is 0 Å². The molecule has 2 heterocycles. The van der Waals surface area contributed by atoms with E-state index in [4.69, 9.17) is 4.74 Å². The van der Waals surface area contributed by atoms with Crippen LogP contribution in [0.25, 0.3) is 11.1 Å². The van der Waals surface area contributed by atoms with Crippen LogP contribution in [0.15, 0.2) is 59.1 Å². The third-order valence-corrected chi connectivity index (χ3v) is 8.71. The first-order valence-electron chi connectivity index (χ1n) is 12.6. The second-order valence-corrected chi connectivity index (χ2v) is 12.6. The lowest BCUT2D eigenvalue weighted by atomic mass is 10.0. The summed E-state index contributed by atoms with van der Waals surface area (Å²) in [5, 5.41) is 0. The van der Waals surface area contributed by atoms with Crippen LogP contribution in [-0.2, 0) is 39.1 Å². The second kappa shape index (κ2) is 13.5. The predicted octanol–water partition coefficient (Wildman–Crippen LogP) is 5.77. The molecule has 0 aliphatic rings. The van der Waals surface area contributed by atoms with Crippen LogP contribution >= 0.6 is 11.3 Å². The molecule has 204 valence electrons. The van der Waals surface area contributed by atoms with E-state index in [2.05, 4.69) is 23.6 Å². The number of ether oxygens (including phenoxy) is 1. The second-order valence-electron chi connectivity index (χ2n) is 9.54. The molecule has 0 saturated heterocycles. The van der Waals surface area contributed by atoms with Crippen LogP contribution in [0.3, 0.4) is 0 Å². The van der Waals surface area contributed by atoms with Crippen LogP contribution in [0.2, 0.25) is 0 Å². The Hall–Kier alpha value is -3.24. The standard InChI is InChI=1S/C28H35N3O5S2/c1-5-6-13-36-28(33)30-38(34,35)27-26(16-25(37-27)14-20(2)3)24-11-7-9-22(15-24)18-31(21(4)32)19-23-10-8-12-29-17-23/h7-12,15-17,20H,5-6,13-14,18-19H2,1-4H3,(H,30,33). The van der Waals surface area contributed by atoms with Gasteiger partial charge in [-0.3, -0.25) is 9.78 Å². The molecule has 0 spiro atoms. The Morgan fingerprint density at radius 2 is 1.84 bits per heavy atom. The highest BCUT2D eigenvalue weighted by molar-refractivity contribution is 7.92. The van der Waals surface area contributed by atoms with Crippen molar-refractivity contribution in [1.29, 1.82) is 0 Å². The number of rotatable bonds is 12. The van der Waals surface area contributed by atoms with Crippen molar-refractivity contribution in [2.45, 2.75) is 64.3 Å². The molecule has 38 heavy (non-hydrogen) atoms. The Labute approximate surface area is 229 Å². The molecule has 2 aromatic heterocycles. The molecule has 10 heteroatoms. The minimum absolute atomic E-state index is 0.0662. The number of benzene rings is 1. The molecule has 1 N–H and O–H groups in total. The van der Waals surface area contributed by atoms with Gasteiger partial charge in [-0.15, -0.1) is 11.3 Å². The minimum atomic E-state index is -4.16. The predicted molar refractivity (Wildman–Crippen MR) is 149 cm³/mol. The number of carbonyl (C=O) groups excluding carboxylic acids is 2. The summed E-state index contributed by atoms with van der Waals surface area (Å²) in [6.07, 6.45) is 4.62. The number of hydrogen-bond acceptors (Lipinski definition) is 7. The Kier molecular flexibility index (Phi) is 10.4. The molecule has 0 fully saturated rings. The average molecular weight is 558 g/mol. The van der Waals surface area contributed by atoms with Gasteiger partial charge in [-0.05, 0) is 53.6 Å². The summed E-state index contributed by atoms with van der Waals surface area (Å²) in [7, 11) is -4.16. The molecule has 2 amide bonds. The van der Waals surface area contributed by atoms with E-state index in [-0.39, 0.29) is 16.7 Å². The first-order chi connectivity index (χ1) is 18.1. The van der Waals surface area contributed by atoms with Gasteiger partial charge in [0.25, 0.3) is 10.0 Å². The van der Waals surface area contributed by atoms with E-state index in [9.17, 15) is 18.0 Å². The van der Waals surface area contributed by atoms with Crippen LogP contribution in [0.4, 0.5) is 4.79 Å². The van der Waals surface area contributed by atoms with Gasteiger partial charge in [0.2, 0.25) is 5.91 Å². The number of pyridine rings is 1. The summed E-state index contributed by atoms with van der Waals surface area (Å²) >= 11 is 1.16. The lowest BCUT2D eigenvalue weighted by Crippen LogP contribution is -2.31. The molecular formula is C28H35N3O5S2. The number of hydrogen-bond donors (Lipinski definition) is 1. The molecule has 0 unspecified atom stereocenters. The number of nitrogens with one attached hydrogen (secondary N) is 1. The summed E-state index contributed by atoms with van der Waals surface area (Å²) in [6, 6.07) is 13.1. The number of nitrogens with zero attached hydrogens (tertiary/aromatic N) is 2. The SMILES string of the molecule is CCCCOC(=O)NS(=O)(=O)c1sc(CC(C)C)cc1-c1cccc(CN(Cc2cccnc2)C(C)=O)c1. The van der Waals surface area contributed by atoms with E-state index in [1.165, 1.54) is 6.92 Å². The highest BCUT2D eigenvalue weighted by Crippen LogP contribution is 2.36. The maximum Gasteiger partial charge on any atom is 0.421 e. The van der Waals surface area contributed by atoms with E-state index in [0.29, 0.717) is 43.0 Å². The number of aromatic nitrogens is 1. The Balaban J connectivity index is 1.92. The normalized spacial score (nSPS) is 11.4. The monoisotopic (exact) mass is 557 g/mol. The van der Waals surface area contributed by atoms with Gasteiger partial charge in [-0.1, -0.05) is 51.5 Å². The molecule has 0 bridgehead atoms. The van der Waals surface area contributed by atoms with Crippen molar-refractivity contribution >= 4 is 33.4 Å². The van der Waals surface area contributed by atoms with E-state index in [1.54, 1.807) is 17.3 Å². The molecule has 3 rings (SSSR count). The Morgan fingerprint density at radius 1 is 1.11 bits per heavy atom. The molecule has 8 nitrogen and oxygen atoms in total. The Bertz CT molecular complexity index is 1340. The highest BCUT2D eigenvalue weighted by Gasteiger charge is 2.26. The zero-order chi connectivity index (χ0) is 27.7. The zero-order valence-corrected chi connectivity index (χ0v) is 23.9. The highest BCUT2D eigenvalue weighted by atomic mass is 32.2. The minimum Gasteiger partial charge on any atom is -0.449 e. The van der Waals surface area contributed by atoms with Gasteiger partial charge in [0, 0.05) is 42.8 Å². The first-order valence-corrected chi connectivity index (χ1v) is 14.9.